The number of ether oxygens (including phenoxy) is 2. The van der Waals surface area contributed by atoms with Crippen molar-refractivity contribution in [2.75, 3.05) is 39.5 Å². The van der Waals surface area contributed by atoms with E-state index in [2.05, 4.69) is 14.3 Å². The van der Waals surface area contributed by atoms with Gasteiger partial charge in [0.1, 0.15) is 5.57 Å². The van der Waals surface area contributed by atoms with E-state index in [0.717, 1.165) is 0 Å². The van der Waals surface area contributed by atoms with Gasteiger partial charge in [0, 0.05) is 13.1 Å². The number of aliphatic hydroxyl groups excluding tert-OH is 2. The van der Waals surface area contributed by atoms with E-state index >= 15 is 0 Å². The number of Topliss-reactive ketones (excluding diaryl/α,β-unsaturated/α-hetero) is 1. The molecule has 2 N–H and O–H groups in total. The number of nitrogens with zero attached hydrogens (tertiary/aromatic N) is 2. The van der Waals surface area contributed by atoms with Crippen molar-refractivity contribution in [1.82, 2.24) is 4.90 Å². The van der Waals surface area contributed by atoms with Crippen molar-refractivity contribution in [1.29, 1.82) is 0 Å². The highest BCUT2D eigenvalue weighted by Crippen LogP contribution is 2.09. The Morgan fingerprint density at radius 3 is 2.38 bits per heavy atom. The molecule has 0 radical (unpaired) electrons. The normalized spacial score (nSPS) is 15.3. The molecular weight excluding hydrogens is 380 g/mol. The smallest absolute Gasteiger partial charge is 0.342 e. The third-order valence-corrected chi connectivity index (χ3v) is 3.24. The van der Waals surface area contributed by atoms with Crippen molar-refractivity contribution in [2.45, 2.75) is 13.8 Å². The standard InChI is InChI=1S/C11H15NO5.C9H11NO2/c13-6-4-12(5-7-14)3-1-2-9-10(15)8-17-11(9)16;1-4-6-7-8(10-3)9(11)12-5-2/h1-3,13-14H,4-8H2;4,6-7H,5H2,1-2H3/b3-1+,9-2-;6-4+,8-7+. The SMILES string of the molecule is O=C1COC(=O)/C1=C\C=C\N(CCO)CCO.[C-]#[N+]/C(=C/C=C/C)C(=O)OCC. The molecule has 0 bridgehead atoms. The van der Waals surface area contributed by atoms with Crippen molar-refractivity contribution in [3.8, 4) is 0 Å². The molecule has 0 aromatic rings. The molecule has 0 saturated carbocycles. The predicted octanol–water partition coefficient (Wildman–Crippen LogP) is 0.768. The zero-order chi connectivity index (χ0) is 22.1. The van der Waals surface area contributed by atoms with Crippen LogP contribution in [-0.4, -0.2) is 72.4 Å². The Bertz CT molecular complexity index is 691. The topological polar surface area (TPSA) is 118 Å². The van der Waals surface area contributed by atoms with Gasteiger partial charge in [-0.3, -0.25) is 9.59 Å². The molecule has 9 heteroatoms. The van der Waals surface area contributed by atoms with Crippen molar-refractivity contribution in [2.24, 2.45) is 0 Å². The predicted molar refractivity (Wildman–Crippen MR) is 105 cm³/mol. The third kappa shape index (κ3) is 10.6. The van der Waals surface area contributed by atoms with Gasteiger partial charge in [0.05, 0.1) is 26.4 Å². The van der Waals surface area contributed by atoms with Gasteiger partial charge in [-0.05, 0) is 38.3 Å². The minimum Gasteiger partial charge on any atom is -0.471 e. The maximum Gasteiger partial charge on any atom is 0.342 e. The lowest BCUT2D eigenvalue weighted by molar-refractivity contribution is -0.138. The maximum absolute atomic E-state index is 11.2. The number of esters is 2. The molecule has 1 fully saturated rings. The van der Waals surface area contributed by atoms with Gasteiger partial charge in [0.2, 0.25) is 5.78 Å². The van der Waals surface area contributed by atoms with Crippen LogP contribution >= 0.6 is 0 Å². The summed E-state index contributed by atoms with van der Waals surface area (Å²) in [5, 5.41) is 17.5. The van der Waals surface area contributed by atoms with Gasteiger partial charge < -0.3 is 24.6 Å². The van der Waals surface area contributed by atoms with Crippen LogP contribution in [0.15, 0.2) is 47.9 Å². The number of rotatable bonds is 9. The van der Waals surface area contributed by atoms with Crippen molar-refractivity contribution in [3.05, 3.63) is 59.3 Å². The van der Waals surface area contributed by atoms with Gasteiger partial charge >= 0.3 is 11.9 Å². The van der Waals surface area contributed by atoms with E-state index < -0.39 is 11.9 Å². The van der Waals surface area contributed by atoms with Crippen LogP contribution in [-0.2, 0) is 23.9 Å². The molecule has 29 heavy (non-hydrogen) atoms. The van der Waals surface area contributed by atoms with Crippen LogP contribution in [0, 0.1) is 6.57 Å². The first kappa shape index (κ1) is 25.8. The van der Waals surface area contributed by atoms with Gasteiger partial charge in [-0.25, -0.2) is 9.64 Å². The molecule has 0 aromatic heterocycles. The van der Waals surface area contributed by atoms with Gasteiger partial charge in [-0.1, -0.05) is 12.2 Å². The highest BCUT2D eigenvalue weighted by Gasteiger charge is 2.27. The van der Waals surface area contributed by atoms with Gasteiger partial charge in [0.25, 0.3) is 5.70 Å². The summed E-state index contributed by atoms with van der Waals surface area (Å²) in [4.78, 5) is 37.9. The molecule has 0 aliphatic carbocycles. The second-order valence-electron chi connectivity index (χ2n) is 5.31. The van der Waals surface area contributed by atoms with E-state index in [1.54, 1.807) is 30.2 Å². The average molecular weight is 406 g/mol. The van der Waals surface area contributed by atoms with Crippen LogP contribution in [0.25, 0.3) is 4.85 Å². The lowest BCUT2D eigenvalue weighted by atomic mass is 10.2. The van der Waals surface area contributed by atoms with E-state index in [0.29, 0.717) is 19.7 Å². The molecular formula is C20H26N2O7. The third-order valence-electron chi connectivity index (χ3n) is 3.24. The van der Waals surface area contributed by atoms with Gasteiger partial charge in [-0.2, -0.15) is 0 Å². The maximum atomic E-state index is 11.2. The Hall–Kier alpha value is -3.22. The highest BCUT2D eigenvalue weighted by atomic mass is 16.5. The first-order valence-corrected chi connectivity index (χ1v) is 8.87. The summed E-state index contributed by atoms with van der Waals surface area (Å²) in [6, 6.07) is 0. The Morgan fingerprint density at radius 1 is 1.28 bits per heavy atom. The van der Waals surface area contributed by atoms with Crippen molar-refractivity contribution < 1.29 is 34.1 Å². The Morgan fingerprint density at radius 2 is 1.93 bits per heavy atom. The summed E-state index contributed by atoms with van der Waals surface area (Å²) in [6.07, 6.45) is 9.29. The molecule has 0 aromatic carbocycles. The Kier molecular flexibility index (Phi) is 14.0. The second kappa shape index (κ2) is 15.8. The number of hydrogen-bond acceptors (Lipinski definition) is 8. The molecule has 0 spiro atoms. The molecule has 1 saturated heterocycles. The fourth-order valence-corrected chi connectivity index (χ4v) is 1.88. The van der Waals surface area contributed by atoms with Crippen LogP contribution < -0.4 is 0 Å². The zero-order valence-corrected chi connectivity index (χ0v) is 16.5. The quantitative estimate of drug-likeness (QED) is 0.190. The number of cyclic esters (lactones) is 1. The van der Waals surface area contributed by atoms with Crippen molar-refractivity contribution >= 4 is 17.7 Å². The lowest BCUT2D eigenvalue weighted by Gasteiger charge is -2.16. The molecule has 1 heterocycles. The molecule has 1 rings (SSSR count). The summed E-state index contributed by atoms with van der Waals surface area (Å²) in [7, 11) is 0. The fourth-order valence-electron chi connectivity index (χ4n) is 1.88. The number of aliphatic hydroxyl groups is 2. The van der Waals surface area contributed by atoms with Gasteiger partial charge in [-0.15, -0.1) is 0 Å². The van der Waals surface area contributed by atoms with Crippen LogP contribution in [0.3, 0.4) is 0 Å². The summed E-state index contributed by atoms with van der Waals surface area (Å²) >= 11 is 0. The first-order valence-electron chi connectivity index (χ1n) is 8.87. The fraction of sp³-hybridized carbons (Fsp3) is 0.400. The number of hydrogen-bond donors (Lipinski definition) is 2. The molecule has 0 unspecified atom stereocenters. The molecule has 0 amide bonds. The number of allylic oxidation sites excluding steroid dienone is 5. The summed E-state index contributed by atoms with van der Waals surface area (Å²) in [6.45, 7) is 10.9. The molecule has 1 aliphatic rings. The van der Waals surface area contributed by atoms with E-state index in [4.69, 9.17) is 16.8 Å². The summed E-state index contributed by atoms with van der Waals surface area (Å²) < 4.78 is 9.18. The minimum atomic E-state index is -0.615. The van der Waals surface area contributed by atoms with E-state index in [9.17, 15) is 14.4 Å². The zero-order valence-electron chi connectivity index (χ0n) is 16.5. The minimum absolute atomic E-state index is 0.00921. The summed E-state index contributed by atoms with van der Waals surface area (Å²) in [5.74, 6) is -1.52. The van der Waals surface area contributed by atoms with Gasteiger partial charge in [0.15, 0.2) is 6.61 Å². The van der Waals surface area contributed by atoms with E-state index in [-0.39, 0.29) is 36.9 Å². The highest BCUT2D eigenvalue weighted by molar-refractivity contribution is 6.22. The van der Waals surface area contributed by atoms with Crippen molar-refractivity contribution in [3.63, 3.8) is 0 Å². The molecule has 158 valence electrons. The molecule has 1 aliphatic heterocycles. The summed E-state index contributed by atoms with van der Waals surface area (Å²) in [5.41, 5.74) is 0.0316. The van der Waals surface area contributed by atoms with Crippen LogP contribution in [0.1, 0.15) is 13.8 Å². The molecule has 9 nitrogen and oxygen atoms in total. The Labute approximate surface area is 170 Å². The first-order chi connectivity index (χ1) is 13.9. The molecule has 0 atom stereocenters. The lowest BCUT2D eigenvalue weighted by Crippen LogP contribution is -2.24. The van der Waals surface area contributed by atoms with E-state index in [1.165, 1.54) is 18.2 Å². The average Bonchev–Trinajstić information content (AvgIpc) is 3.02. The number of ketones is 1. The monoisotopic (exact) mass is 406 g/mol. The van der Waals surface area contributed by atoms with Crippen LogP contribution in [0.5, 0.6) is 0 Å². The van der Waals surface area contributed by atoms with E-state index in [1.807, 2.05) is 6.92 Å². The second-order valence-corrected chi connectivity index (χ2v) is 5.31. The van der Waals surface area contributed by atoms with Crippen LogP contribution in [0.4, 0.5) is 0 Å². The number of carbonyl (C=O) groups is 3. The Balaban J connectivity index is 0.000000578. The van der Waals surface area contributed by atoms with Crippen LogP contribution in [0.2, 0.25) is 0 Å². The number of carbonyl (C=O) groups excluding carboxylic acids is 3. The largest absolute Gasteiger partial charge is 0.471 e.